The zero-order chi connectivity index (χ0) is 17.0. The molecule has 0 spiro atoms. The van der Waals surface area contributed by atoms with E-state index in [0.717, 1.165) is 17.7 Å². The first-order valence-corrected chi connectivity index (χ1v) is 7.57. The van der Waals surface area contributed by atoms with Crippen molar-refractivity contribution in [2.24, 2.45) is 5.41 Å². The minimum atomic E-state index is -0.225. The van der Waals surface area contributed by atoms with Crippen LogP contribution in [0.5, 0.6) is 0 Å². The Morgan fingerprint density at radius 2 is 1.91 bits per heavy atom. The first-order chi connectivity index (χ1) is 10.0. The summed E-state index contributed by atoms with van der Waals surface area (Å²) in [4.78, 5) is 13.0. The summed E-state index contributed by atoms with van der Waals surface area (Å²) in [5, 5.41) is 12.3. The number of nitrogens with one attached hydrogen (secondary N) is 1. The van der Waals surface area contributed by atoms with E-state index in [9.17, 15) is 10.1 Å². The summed E-state index contributed by atoms with van der Waals surface area (Å²) >= 11 is 0. The number of benzene rings is 1. The molecule has 1 aromatic rings. The maximum Gasteiger partial charge on any atom is 0.221 e. The fourth-order valence-electron chi connectivity index (χ4n) is 2.91. The summed E-state index contributed by atoms with van der Waals surface area (Å²) in [6.45, 7) is 12.8. The number of nitrogens with zero attached hydrogens (tertiary/aromatic N) is 2. The van der Waals surface area contributed by atoms with E-state index in [-0.39, 0.29) is 16.9 Å². The highest BCUT2D eigenvalue weighted by Crippen LogP contribution is 2.32. The first-order valence-electron chi connectivity index (χ1n) is 7.57. The van der Waals surface area contributed by atoms with Gasteiger partial charge in [0.1, 0.15) is 0 Å². The molecule has 0 atom stereocenters. The summed E-state index contributed by atoms with van der Waals surface area (Å²) in [5.74, 6) is -0.0950. The van der Waals surface area contributed by atoms with Crippen LogP contribution in [0.3, 0.4) is 0 Å². The second-order valence-corrected chi connectivity index (χ2v) is 7.62. The molecule has 0 aromatic heterocycles. The average Bonchev–Trinajstić information content (AvgIpc) is 2.32. The Balaban J connectivity index is 2.91. The average molecular weight is 301 g/mol. The molecule has 1 N–H and O–H groups in total. The monoisotopic (exact) mass is 301 g/mol. The summed E-state index contributed by atoms with van der Waals surface area (Å²) < 4.78 is 0. The predicted molar refractivity (Wildman–Crippen MR) is 90.1 cm³/mol. The van der Waals surface area contributed by atoms with Gasteiger partial charge in [-0.1, -0.05) is 32.9 Å². The van der Waals surface area contributed by atoms with Crippen molar-refractivity contribution in [3.63, 3.8) is 0 Å². The highest BCUT2D eigenvalue weighted by atomic mass is 16.1. The highest BCUT2D eigenvalue weighted by Gasteiger charge is 2.31. The molecular formula is C18H27N3O. The molecule has 1 rings (SSSR count). The summed E-state index contributed by atoms with van der Waals surface area (Å²) in [5.41, 5.74) is 1.69. The Labute approximate surface area is 134 Å². The van der Waals surface area contributed by atoms with Crippen LogP contribution in [0.25, 0.3) is 0 Å². The van der Waals surface area contributed by atoms with Gasteiger partial charge in [-0.2, -0.15) is 5.26 Å². The third-order valence-corrected chi connectivity index (χ3v) is 3.40. The Morgan fingerprint density at radius 1 is 1.27 bits per heavy atom. The minimum Gasteiger partial charge on any atom is -0.326 e. The Morgan fingerprint density at radius 3 is 2.41 bits per heavy atom. The van der Waals surface area contributed by atoms with E-state index in [1.807, 2.05) is 29.2 Å². The zero-order valence-corrected chi connectivity index (χ0v) is 14.5. The summed E-state index contributed by atoms with van der Waals surface area (Å²) in [7, 11) is 0. The van der Waals surface area contributed by atoms with Crippen LogP contribution in [0, 0.1) is 16.9 Å². The lowest BCUT2D eigenvalue weighted by Gasteiger charge is -2.39. The van der Waals surface area contributed by atoms with Gasteiger partial charge in [-0.25, -0.2) is 0 Å². The Hall–Kier alpha value is -2.02. The van der Waals surface area contributed by atoms with Crippen LogP contribution in [-0.2, 0) is 11.3 Å². The number of amides is 1. The molecule has 0 saturated carbocycles. The molecule has 0 unspecified atom stereocenters. The van der Waals surface area contributed by atoms with Gasteiger partial charge in [-0.05, 0) is 43.4 Å². The lowest BCUT2D eigenvalue weighted by molar-refractivity contribution is -0.114. The molecule has 0 aliphatic rings. The van der Waals surface area contributed by atoms with Crippen molar-refractivity contribution in [2.75, 3.05) is 5.32 Å². The third kappa shape index (κ3) is 5.77. The van der Waals surface area contributed by atoms with Gasteiger partial charge < -0.3 is 10.2 Å². The van der Waals surface area contributed by atoms with Crippen molar-refractivity contribution in [2.45, 2.75) is 60.0 Å². The second kappa shape index (κ2) is 6.83. The normalized spacial score (nSPS) is 11.7. The van der Waals surface area contributed by atoms with Crippen LogP contribution in [0.1, 0.15) is 53.5 Å². The maximum atomic E-state index is 11.1. The van der Waals surface area contributed by atoms with Crippen LogP contribution in [0.15, 0.2) is 24.3 Å². The van der Waals surface area contributed by atoms with Crippen molar-refractivity contribution in [1.29, 1.82) is 5.26 Å². The van der Waals surface area contributed by atoms with Gasteiger partial charge in [-0.3, -0.25) is 4.79 Å². The Kier molecular flexibility index (Phi) is 5.59. The summed E-state index contributed by atoms with van der Waals surface area (Å²) in [6.07, 6.45) is 3.24. The van der Waals surface area contributed by atoms with Crippen LogP contribution >= 0.6 is 0 Å². The number of anilines is 1. The van der Waals surface area contributed by atoms with Crippen molar-refractivity contribution in [3.8, 4) is 6.19 Å². The topological polar surface area (TPSA) is 56.1 Å². The number of hydrogen-bond acceptors (Lipinski definition) is 3. The number of carbonyl (C=O) groups is 1. The molecule has 0 aliphatic heterocycles. The molecule has 120 valence electrons. The van der Waals surface area contributed by atoms with Crippen molar-refractivity contribution >= 4 is 11.6 Å². The molecule has 22 heavy (non-hydrogen) atoms. The van der Waals surface area contributed by atoms with Gasteiger partial charge in [0.25, 0.3) is 0 Å². The van der Waals surface area contributed by atoms with Crippen molar-refractivity contribution in [1.82, 2.24) is 4.90 Å². The molecule has 0 aliphatic carbocycles. The van der Waals surface area contributed by atoms with Crippen molar-refractivity contribution in [3.05, 3.63) is 29.8 Å². The van der Waals surface area contributed by atoms with Crippen LogP contribution in [0.4, 0.5) is 5.69 Å². The largest absolute Gasteiger partial charge is 0.326 e. The number of nitriles is 1. The molecule has 0 bridgehead atoms. The molecule has 0 radical (unpaired) electrons. The van der Waals surface area contributed by atoms with E-state index in [1.165, 1.54) is 6.92 Å². The minimum absolute atomic E-state index is 0.0950. The Bertz CT molecular complexity index is 564. The smallest absolute Gasteiger partial charge is 0.221 e. The molecular weight excluding hydrogens is 274 g/mol. The maximum absolute atomic E-state index is 11.1. The fraction of sp³-hybridized carbons (Fsp3) is 0.556. The van der Waals surface area contributed by atoms with E-state index >= 15 is 0 Å². The standard InChI is InChI=1S/C18H27N3O/c1-14(22)20-16-9-7-8-15(10-16)11-21(13-19)18(5,6)12-17(2,3)4/h7-10H,11-12H2,1-6H3,(H,20,22). The molecule has 4 heteroatoms. The van der Waals surface area contributed by atoms with Crippen LogP contribution in [0.2, 0.25) is 0 Å². The molecule has 1 aromatic carbocycles. The van der Waals surface area contributed by atoms with E-state index in [1.54, 1.807) is 0 Å². The van der Waals surface area contributed by atoms with E-state index in [2.05, 4.69) is 46.1 Å². The quantitative estimate of drug-likeness (QED) is 0.657. The second-order valence-electron chi connectivity index (χ2n) is 7.62. The zero-order valence-electron chi connectivity index (χ0n) is 14.5. The third-order valence-electron chi connectivity index (χ3n) is 3.40. The number of rotatable bonds is 5. The molecule has 1 amide bonds. The van der Waals surface area contributed by atoms with Gasteiger partial charge >= 0.3 is 0 Å². The number of hydrogen-bond donors (Lipinski definition) is 1. The van der Waals surface area contributed by atoms with Gasteiger partial charge in [-0.15, -0.1) is 0 Å². The van der Waals surface area contributed by atoms with E-state index in [4.69, 9.17) is 0 Å². The fourth-order valence-corrected chi connectivity index (χ4v) is 2.91. The molecule has 0 heterocycles. The molecule has 0 saturated heterocycles. The molecule has 4 nitrogen and oxygen atoms in total. The lowest BCUT2D eigenvalue weighted by Crippen LogP contribution is -2.43. The number of carbonyl (C=O) groups excluding carboxylic acids is 1. The van der Waals surface area contributed by atoms with Crippen LogP contribution < -0.4 is 5.32 Å². The van der Waals surface area contributed by atoms with E-state index in [0.29, 0.717) is 6.54 Å². The van der Waals surface area contributed by atoms with Gasteiger partial charge in [0.2, 0.25) is 5.91 Å². The van der Waals surface area contributed by atoms with Gasteiger partial charge in [0, 0.05) is 18.2 Å². The van der Waals surface area contributed by atoms with Crippen LogP contribution in [-0.4, -0.2) is 16.3 Å². The predicted octanol–water partition coefficient (Wildman–Crippen LogP) is 4.14. The molecule has 0 fully saturated rings. The van der Waals surface area contributed by atoms with E-state index < -0.39 is 0 Å². The van der Waals surface area contributed by atoms with Gasteiger partial charge in [0.15, 0.2) is 6.19 Å². The lowest BCUT2D eigenvalue weighted by atomic mass is 9.81. The SMILES string of the molecule is CC(=O)Nc1cccc(CN(C#N)C(C)(C)CC(C)(C)C)c1. The first kappa shape index (κ1) is 18.0. The highest BCUT2D eigenvalue weighted by molar-refractivity contribution is 5.88. The van der Waals surface area contributed by atoms with Gasteiger partial charge in [0.05, 0.1) is 6.54 Å². The summed E-state index contributed by atoms with van der Waals surface area (Å²) in [6, 6.07) is 7.64. The van der Waals surface area contributed by atoms with Crippen molar-refractivity contribution < 1.29 is 4.79 Å².